The van der Waals surface area contributed by atoms with Crippen LogP contribution in [0.3, 0.4) is 0 Å². The van der Waals surface area contributed by atoms with Gasteiger partial charge in [0.05, 0.1) is 10.0 Å². The standard InChI is InChI=1S/C12H14BrClN2OS/c1-7(11(15)18)6-16(2)12(17)8-3-4-10(14)9(13)5-8/h3-5,7H,6H2,1-2H3,(H2,15,18). The van der Waals surface area contributed by atoms with Crippen LogP contribution in [0.25, 0.3) is 0 Å². The smallest absolute Gasteiger partial charge is 0.253 e. The Morgan fingerprint density at radius 1 is 1.61 bits per heavy atom. The molecule has 0 radical (unpaired) electrons. The van der Waals surface area contributed by atoms with Crippen molar-refractivity contribution < 1.29 is 4.79 Å². The van der Waals surface area contributed by atoms with E-state index in [0.717, 1.165) is 0 Å². The molecule has 0 saturated carbocycles. The van der Waals surface area contributed by atoms with Gasteiger partial charge in [-0.15, -0.1) is 0 Å². The van der Waals surface area contributed by atoms with Crippen molar-refractivity contribution in [2.24, 2.45) is 11.7 Å². The lowest BCUT2D eigenvalue weighted by molar-refractivity contribution is 0.0787. The highest BCUT2D eigenvalue weighted by Gasteiger charge is 2.16. The van der Waals surface area contributed by atoms with Crippen LogP contribution in [0.15, 0.2) is 22.7 Å². The number of nitrogens with zero attached hydrogens (tertiary/aromatic N) is 1. The van der Waals surface area contributed by atoms with Crippen LogP contribution in [0.2, 0.25) is 5.02 Å². The summed E-state index contributed by atoms with van der Waals surface area (Å²) < 4.78 is 0.700. The van der Waals surface area contributed by atoms with Crippen LogP contribution in [0, 0.1) is 5.92 Å². The second kappa shape index (κ2) is 6.50. The zero-order chi connectivity index (χ0) is 13.9. The van der Waals surface area contributed by atoms with Gasteiger partial charge in [-0.1, -0.05) is 30.7 Å². The summed E-state index contributed by atoms with van der Waals surface area (Å²) in [4.78, 5) is 14.2. The van der Waals surface area contributed by atoms with E-state index in [9.17, 15) is 4.79 Å². The monoisotopic (exact) mass is 348 g/mol. The maximum atomic E-state index is 12.1. The molecule has 0 spiro atoms. The second-order valence-corrected chi connectivity index (χ2v) is 5.85. The van der Waals surface area contributed by atoms with E-state index in [0.29, 0.717) is 26.6 Å². The number of halogens is 2. The molecule has 1 aromatic rings. The van der Waals surface area contributed by atoms with Gasteiger partial charge in [0.25, 0.3) is 5.91 Å². The normalized spacial score (nSPS) is 12.0. The third kappa shape index (κ3) is 3.93. The van der Waals surface area contributed by atoms with E-state index in [2.05, 4.69) is 15.9 Å². The molecule has 6 heteroatoms. The minimum atomic E-state index is -0.0875. The zero-order valence-electron chi connectivity index (χ0n) is 10.1. The van der Waals surface area contributed by atoms with Crippen LogP contribution < -0.4 is 5.73 Å². The third-order valence-corrected chi connectivity index (χ3v) is 4.16. The van der Waals surface area contributed by atoms with Crippen LogP contribution in [-0.2, 0) is 0 Å². The number of rotatable bonds is 4. The van der Waals surface area contributed by atoms with Gasteiger partial charge in [-0.2, -0.15) is 0 Å². The number of thiocarbonyl (C=S) groups is 1. The molecule has 0 fully saturated rings. The summed E-state index contributed by atoms with van der Waals surface area (Å²) in [6.45, 7) is 2.39. The highest BCUT2D eigenvalue weighted by molar-refractivity contribution is 9.10. The van der Waals surface area contributed by atoms with Gasteiger partial charge < -0.3 is 10.6 Å². The SMILES string of the molecule is CC(CN(C)C(=O)c1ccc(Cl)c(Br)c1)C(N)=S. The number of amides is 1. The second-order valence-electron chi connectivity index (χ2n) is 4.12. The molecular weight excluding hydrogens is 336 g/mol. The average Bonchev–Trinajstić information content (AvgIpc) is 2.31. The van der Waals surface area contributed by atoms with Crippen molar-refractivity contribution in [2.75, 3.05) is 13.6 Å². The lowest BCUT2D eigenvalue weighted by atomic mass is 10.1. The Hall–Kier alpha value is -0.650. The van der Waals surface area contributed by atoms with Crippen molar-refractivity contribution in [3.63, 3.8) is 0 Å². The molecular formula is C12H14BrClN2OS. The van der Waals surface area contributed by atoms with Crippen LogP contribution in [0.5, 0.6) is 0 Å². The Morgan fingerprint density at radius 2 is 2.22 bits per heavy atom. The van der Waals surface area contributed by atoms with Gasteiger partial charge in [-0.3, -0.25) is 4.79 Å². The largest absolute Gasteiger partial charge is 0.393 e. The van der Waals surface area contributed by atoms with Crippen molar-refractivity contribution in [1.82, 2.24) is 4.90 Å². The number of benzene rings is 1. The van der Waals surface area contributed by atoms with Crippen molar-refractivity contribution in [3.05, 3.63) is 33.3 Å². The summed E-state index contributed by atoms with van der Waals surface area (Å²) in [6.07, 6.45) is 0. The fourth-order valence-corrected chi connectivity index (χ4v) is 2.00. The highest BCUT2D eigenvalue weighted by atomic mass is 79.9. The Labute approximate surface area is 125 Å². The molecule has 1 amide bonds. The molecule has 1 unspecified atom stereocenters. The topological polar surface area (TPSA) is 46.3 Å². The summed E-state index contributed by atoms with van der Waals surface area (Å²) in [5.41, 5.74) is 6.11. The van der Waals surface area contributed by atoms with Gasteiger partial charge in [-0.25, -0.2) is 0 Å². The van der Waals surface area contributed by atoms with E-state index in [-0.39, 0.29) is 11.8 Å². The number of carbonyl (C=O) groups is 1. The summed E-state index contributed by atoms with van der Waals surface area (Å²) in [6, 6.07) is 5.08. The fraction of sp³-hybridized carbons (Fsp3) is 0.333. The predicted molar refractivity (Wildman–Crippen MR) is 82.1 cm³/mol. The van der Waals surface area contributed by atoms with Crippen molar-refractivity contribution in [3.8, 4) is 0 Å². The van der Waals surface area contributed by atoms with Crippen LogP contribution in [0.1, 0.15) is 17.3 Å². The molecule has 0 aliphatic rings. The molecule has 0 aromatic heterocycles. The Bertz CT molecular complexity index is 481. The summed E-state index contributed by atoms with van der Waals surface area (Å²) in [7, 11) is 1.72. The molecule has 0 aliphatic carbocycles. The first-order chi connectivity index (χ1) is 8.32. The van der Waals surface area contributed by atoms with E-state index in [1.165, 1.54) is 0 Å². The summed E-state index contributed by atoms with van der Waals surface area (Å²) in [5.74, 6) is -0.0971. The molecule has 0 heterocycles. The lowest BCUT2D eigenvalue weighted by Crippen LogP contribution is -2.35. The summed E-state index contributed by atoms with van der Waals surface area (Å²) >= 11 is 14.1. The van der Waals surface area contributed by atoms with Gasteiger partial charge >= 0.3 is 0 Å². The molecule has 1 rings (SSSR count). The molecule has 1 aromatic carbocycles. The molecule has 98 valence electrons. The number of hydrogen-bond acceptors (Lipinski definition) is 2. The minimum Gasteiger partial charge on any atom is -0.393 e. The predicted octanol–water partition coefficient (Wildman–Crippen LogP) is 3.10. The Kier molecular flexibility index (Phi) is 5.56. The van der Waals surface area contributed by atoms with E-state index >= 15 is 0 Å². The summed E-state index contributed by atoms with van der Waals surface area (Å²) in [5, 5.41) is 0.575. The van der Waals surface area contributed by atoms with E-state index in [4.69, 9.17) is 29.6 Å². The zero-order valence-corrected chi connectivity index (χ0v) is 13.3. The van der Waals surface area contributed by atoms with Gasteiger partial charge in [-0.05, 0) is 34.1 Å². The fourth-order valence-electron chi connectivity index (χ4n) is 1.43. The molecule has 18 heavy (non-hydrogen) atoms. The van der Waals surface area contributed by atoms with Crippen molar-refractivity contribution >= 4 is 50.6 Å². The van der Waals surface area contributed by atoms with Crippen molar-refractivity contribution in [1.29, 1.82) is 0 Å². The molecule has 3 nitrogen and oxygen atoms in total. The maximum absolute atomic E-state index is 12.1. The molecule has 0 bridgehead atoms. The lowest BCUT2D eigenvalue weighted by Gasteiger charge is -2.21. The number of hydrogen-bond donors (Lipinski definition) is 1. The van der Waals surface area contributed by atoms with Crippen LogP contribution >= 0.6 is 39.7 Å². The van der Waals surface area contributed by atoms with Gasteiger partial charge in [0.2, 0.25) is 0 Å². The van der Waals surface area contributed by atoms with Crippen LogP contribution in [-0.4, -0.2) is 29.4 Å². The molecule has 1 atom stereocenters. The van der Waals surface area contributed by atoms with E-state index in [1.807, 2.05) is 6.92 Å². The quantitative estimate of drug-likeness (QED) is 0.850. The average molecular weight is 350 g/mol. The minimum absolute atomic E-state index is 0.00955. The van der Waals surface area contributed by atoms with Crippen LogP contribution in [0.4, 0.5) is 0 Å². The Balaban J connectivity index is 2.80. The van der Waals surface area contributed by atoms with Gasteiger partial charge in [0.1, 0.15) is 0 Å². The first kappa shape index (κ1) is 15.4. The number of nitrogens with two attached hydrogens (primary N) is 1. The first-order valence-corrected chi connectivity index (χ1v) is 6.90. The number of carbonyl (C=O) groups excluding carboxylic acids is 1. The molecule has 0 aliphatic heterocycles. The maximum Gasteiger partial charge on any atom is 0.253 e. The van der Waals surface area contributed by atoms with E-state index < -0.39 is 0 Å². The molecule has 0 saturated heterocycles. The van der Waals surface area contributed by atoms with Gasteiger partial charge in [0.15, 0.2) is 0 Å². The van der Waals surface area contributed by atoms with Gasteiger partial charge in [0, 0.05) is 29.5 Å². The first-order valence-electron chi connectivity index (χ1n) is 5.32. The molecule has 2 N–H and O–H groups in total. The van der Waals surface area contributed by atoms with Crippen molar-refractivity contribution in [2.45, 2.75) is 6.92 Å². The highest BCUT2D eigenvalue weighted by Crippen LogP contribution is 2.23. The third-order valence-electron chi connectivity index (χ3n) is 2.55. The van der Waals surface area contributed by atoms with E-state index in [1.54, 1.807) is 30.1 Å². The Morgan fingerprint density at radius 3 is 2.72 bits per heavy atom.